The van der Waals surface area contributed by atoms with Crippen molar-refractivity contribution in [1.29, 1.82) is 5.26 Å². The number of benzene rings is 1. The van der Waals surface area contributed by atoms with E-state index in [0.717, 1.165) is 28.8 Å². The van der Waals surface area contributed by atoms with Crippen molar-refractivity contribution in [3.8, 4) is 11.8 Å². The molecule has 0 bridgehead atoms. The Balaban J connectivity index is 1.91. The van der Waals surface area contributed by atoms with E-state index >= 15 is 0 Å². The van der Waals surface area contributed by atoms with Crippen LogP contribution in [0.1, 0.15) is 19.3 Å². The predicted octanol–water partition coefficient (Wildman–Crippen LogP) is 2.87. The number of halogens is 1. The average Bonchev–Trinajstić information content (AvgIpc) is 3.14. The van der Waals surface area contributed by atoms with Gasteiger partial charge in [-0.15, -0.1) is 0 Å². The zero-order chi connectivity index (χ0) is 13.5. The number of anilines is 1. The van der Waals surface area contributed by atoms with Gasteiger partial charge >= 0.3 is 0 Å². The molecule has 0 spiro atoms. The Hall–Kier alpha value is -1.54. The van der Waals surface area contributed by atoms with Crippen molar-refractivity contribution >= 4 is 27.5 Å². The molecule has 2 aliphatic rings. The van der Waals surface area contributed by atoms with Crippen molar-refractivity contribution in [3.05, 3.63) is 22.7 Å². The zero-order valence-electron chi connectivity index (χ0n) is 10.4. The van der Waals surface area contributed by atoms with Crippen molar-refractivity contribution < 1.29 is 9.53 Å². The maximum atomic E-state index is 12.1. The number of hydrogen-bond donors (Lipinski definition) is 0. The average molecular weight is 321 g/mol. The molecular weight excluding hydrogens is 308 g/mol. The molecule has 1 saturated carbocycles. The maximum absolute atomic E-state index is 12.1. The van der Waals surface area contributed by atoms with Crippen LogP contribution < -0.4 is 9.64 Å². The molecule has 98 valence electrons. The third-order valence-electron chi connectivity index (χ3n) is 3.77. The molecular formula is C14H13BrN2O2. The van der Waals surface area contributed by atoms with Gasteiger partial charge in [-0.2, -0.15) is 5.26 Å². The molecule has 1 aliphatic heterocycles. The van der Waals surface area contributed by atoms with Crippen LogP contribution >= 0.6 is 15.9 Å². The van der Waals surface area contributed by atoms with E-state index < -0.39 is 0 Å². The van der Waals surface area contributed by atoms with Crippen LogP contribution in [0.25, 0.3) is 0 Å². The number of rotatable bonds is 3. The van der Waals surface area contributed by atoms with E-state index in [1.807, 2.05) is 18.2 Å². The van der Waals surface area contributed by atoms with Crippen molar-refractivity contribution in [3.63, 3.8) is 0 Å². The third kappa shape index (κ3) is 2.33. The summed E-state index contributed by atoms with van der Waals surface area (Å²) in [6.07, 6.45) is 2.56. The van der Waals surface area contributed by atoms with Crippen LogP contribution in [0.3, 0.4) is 0 Å². The SMILES string of the molecule is N#CCC1(CN2C(=O)COc3ccc(Br)cc32)CC1. The van der Waals surface area contributed by atoms with Crippen LogP contribution in [0.15, 0.2) is 22.7 Å². The standard InChI is InChI=1S/C14H13BrN2O2/c15-10-1-2-12-11(7-10)17(13(18)8-19-12)9-14(3-4-14)5-6-16/h1-2,7H,3-5,8-9H2. The van der Waals surface area contributed by atoms with E-state index in [9.17, 15) is 4.79 Å². The van der Waals surface area contributed by atoms with Gasteiger partial charge in [-0.25, -0.2) is 0 Å². The van der Waals surface area contributed by atoms with E-state index in [1.54, 1.807) is 4.90 Å². The van der Waals surface area contributed by atoms with Gasteiger partial charge in [-0.3, -0.25) is 4.79 Å². The minimum Gasteiger partial charge on any atom is -0.482 e. The second-order valence-corrected chi connectivity index (χ2v) is 6.13. The number of amides is 1. The lowest BCUT2D eigenvalue weighted by Gasteiger charge is -2.32. The van der Waals surface area contributed by atoms with Gasteiger partial charge in [0.2, 0.25) is 0 Å². The molecule has 4 nitrogen and oxygen atoms in total. The first-order chi connectivity index (χ1) is 9.13. The monoisotopic (exact) mass is 320 g/mol. The number of hydrogen-bond acceptors (Lipinski definition) is 3. The molecule has 0 atom stereocenters. The number of nitrogens with zero attached hydrogens (tertiary/aromatic N) is 2. The predicted molar refractivity (Wildman–Crippen MR) is 73.9 cm³/mol. The van der Waals surface area contributed by atoms with E-state index in [0.29, 0.717) is 13.0 Å². The summed E-state index contributed by atoms with van der Waals surface area (Å²) in [6.45, 7) is 0.698. The van der Waals surface area contributed by atoms with Crippen LogP contribution in [0.2, 0.25) is 0 Å². The second-order valence-electron chi connectivity index (χ2n) is 5.22. The largest absolute Gasteiger partial charge is 0.482 e. The van der Waals surface area contributed by atoms with Gasteiger partial charge in [0, 0.05) is 22.9 Å². The van der Waals surface area contributed by atoms with Gasteiger partial charge in [0.05, 0.1) is 11.8 Å². The fourth-order valence-corrected chi connectivity index (χ4v) is 2.77. The van der Waals surface area contributed by atoms with Crippen molar-refractivity contribution in [1.82, 2.24) is 0 Å². The van der Waals surface area contributed by atoms with Crippen LogP contribution in [0, 0.1) is 16.7 Å². The molecule has 0 radical (unpaired) electrons. The van der Waals surface area contributed by atoms with E-state index in [-0.39, 0.29) is 17.9 Å². The van der Waals surface area contributed by atoms with Gasteiger partial charge in [0.1, 0.15) is 5.75 Å². The minimum absolute atomic E-state index is 0.00133. The number of fused-ring (bicyclic) bond motifs is 1. The Kier molecular flexibility index (Phi) is 2.98. The Labute approximate surface area is 120 Å². The van der Waals surface area contributed by atoms with E-state index in [4.69, 9.17) is 10.00 Å². The molecule has 1 aromatic rings. The zero-order valence-corrected chi connectivity index (χ0v) is 11.9. The summed E-state index contributed by atoms with van der Waals surface area (Å²) in [5.41, 5.74) is 0.802. The normalized spacial score (nSPS) is 19.4. The number of ether oxygens (including phenoxy) is 1. The molecule has 1 fully saturated rings. The fourth-order valence-electron chi connectivity index (χ4n) is 2.42. The fraction of sp³-hybridized carbons (Fsp3) is 0.429. The quantitative estimate of drug-likeness (QED) is 0.860. The first kappa shape index (κ1) is 12.5. The first-order valence-electron chi connectivity index (χ1n) is 6.23. The van der Waals surface area contributed by atoms with Gasteiger partial charge in [0.25, 0.3) is 5.91 Å². The Bertz CT molecular complexity index is 575. The van der Waals surface area contributed by atoms with Gasteiger partial charge < -0.3 is 9.64 Å². The smallest absolute Gasteiger partial charge is 0.265 e. The minimum atomic E-state index is -0.0326. The van der Waals surface area contributed by atoms with Crippen LogP contribution in [-0.4, -0.2) is 19.1 Å². The van der Waals surface area contributed by atoms with Crippen LogP contribution in [-0.2, 0) is 4.79 Å². The summed E-state index contributed by atoms with van der Waals surface area (Å²) >= 11 is 3.42. The summed E-state index contributed by atoms with van der Waals surface area (Å²) in [5.74, 6) is 0.699. The molecule has 1 aliphatic carbocycles. The summed E-state index contributed by atoms with van der Waals surface area (Å²) in [5, 5.41) is 8.89. The molecule has 1 amide bonds. The van der Waals surface area contributed by atoms with E-state index in [2.05, 4.69) is 22.0 Å². The van der Waals surface area contributed by atoms with Crippen molar-refractivity contribution in [2.45, 2.75) is 19.3 Å². The first-order valence-corrected chi connectivity index (χ1v) is 7.03. The lowest BCUT2D eigenvalue weighted by atomic mass is 10.0. The lowest BCUT2D eigenvalue weighted by molar-refractivity contribution is -0.121. The highest BCUT2D eigenvalue weighted by Crippen LogP contribution is 2.50. The number of carbonyl (C=O) groups excluding carboxylic acids is 1. The Morgan fingerprint density at radius 3 is 2.95 bits per heavy atom. The molecule has 0 saturated heterocycles. The molecule has 0 unspecified atom stereocenters. The highest BCUT2D eigenvalue weighted by Gasteiger charge is 2.45. The van der Waals surface area contributed by atoms with Crippen molar-refractivity contribution in [2.24, 2.45) is 5.41 Å². The summed E-state index contributed by atoms with van der Waals surface area (Å²) < 4.78 is 6.36. The van der Waals surface area contributed by atoms with Gasteiger partial charge in [-0.1, -0.05) is 15.9 Å². The third-order valence-corrected chi connectivity index (χ3v) is 4.26. The molecule has 3 rings (SSSR count). The summed E-state index contributed by atoms with van der Waals surface area (Å²) in [6, 6.07) is 7.89. The Morgan fingerprint density at radius 1 is 1.47 bits per heavy atom. The van der Waals surface area contributed by atoms with Gasteiger partial charge in [-0.05, 0) is 31.0 Å². The van der Waals surface area contributed by atoms with E-state index in [1.165, 1.54) is 0 Å². The molecule has 5 heteroatoms. The highest BCUT2D eigenvalue weighted by molar-refractivity contribution is 9.10. The topological polar surface area (TPSA) is 53.3 Å². The molecule has 1 heterocycles. The van der Waals surface area contributed by atoms with Gasteiger partial charge in [0.15, 0.2) is 6.61 Å². The molecule has 0 aromatic heterocycles. The lowest BCUT2D eigenvalue weighted by Crippen LogP contribution is -2.42. The van der Waals surface area contributed by atoms with Crippen LogP contribution in [0.5, 0.6) is 5.75 Å². The number of nitriles is 1. The summed E-state index contributed by atoms with van der Waals surface area (Å²) in [7, 11) is 0. The van der Waals surface area contributed by atoms with Crippen LogP contribution in [0.4, 0.5) is 5.69 Å². The molecule has 0 N–H and O–H groups in total. The second kappa shape index (κ2) is 4.53. The highest BCUT2D eigenvalue weighted by atomic mass is 79.9. The Morgan fingerprint density at radius 2 is 2.26 bits per heavy atom. The number of carbonyl (C=O) groups is 1. The maximum Gasteiger partial charge on any atom is 0.265 e. The molecule has 19 heavy (non-hydrogen) atoms. The molecule has 1 aromatic carbocycles. The van der Waals surface area contributed by atoms with Crippen molar-refractivity contribution in [2.75, 3.05) is 18.1 Å². The summed E-state index contributed by atoms with van der Waals surface area (Å²) in [4.78, 5) is 13.9.